The summed E-state index contributed by atoms with van der Waals surface area (Å²) in [5.74, 6) is 0. The summed E-state index contributed by atoms with van der Waals surface area (Å²) >= 11 is 1.51. The van der Waals surface area contributed by atoms with Crippen LogP contribution in [0.15, 0.2) is 64.2 Å². The predicted octanol–water partition coefficient (Wildman–Crippen LogP) is 4.27. The SMILES string of the molecule is CCc1cccc(NC(=O)Nc2cc(S(N)(=O)=O)ccc2-c2ccsc2)c1. The van der Waals surface area contributed by atoms with Crippen molar-refractivity contribution < 1.29 is 13.2 Å². The number of hydrogen-bond acceptors (Lipinski definition) is 4. The van der Waals surface area contributed by atoms with Crippen molar-refractivity contribution in [1.29, 1.82) is 0 Å². The highest BCUT2D eigenvalue weighted by atomic mass is 32.2. The first-order valence-electron chi connectivity index (χ1n) is 8.23. The number of carbonyl (C=O) groups excluding carboxylic acids is 1. The van der Waals surface area contributed by atoms with E-state index in [1.807, 2.05) is 41.9 Å². The number of thiophene rings is 1. The van der Waals surface area contributed by atoms with E-state index in [0.29, 0.717) is 16.9 Å². The van der Waals surface area contributed by atoms with Crippen LogP contribution in [0, 0.1) is 0 Å². The zero-order valence-corrected chi connectivity index (χ0v) is 16.2. The highest BCUT2D eigenvalue weighted by Gasteiger charge is 2.15. The van der Waals surface area contributed by atoms with Gasteiger partial charge < -0.3 is 10.6 Å². The minimum absolute atomic E-state index is 0.0650. The summed E-state index contributed by atoms with van der Waals surface area (Å²) in [4.78, 5) is 12.4. The van der Waals surface area contributed by atoms with E-state index in [0.717, 1.165) is 17.5 Å². The van der Waals surface area contributed by atoms with Gasteiger partial charge >= 0.3 is 6.03 Å². The summed E-state index contributed by atoms with van der Waals surface area (Å²) in [7, 11) is -3.88. The summed E-state index contributed by atoms with van der Waals surface area (Å²) in [6, 6.07) is 13.4. The minimum Gasteiger partial charge on any atom is -0.308 e. The topological polar surface area (TPSA) is 101 Å². The summed E-state index contributed by atoms with van der Waals surface area (Å²) < 4.78 is 23.4. The lowest BCUT2D eigenvalue weighted by Crippen LogP contribution is -2.20. The van der Waals surface area contributed by atoms with Gasteiger partial charge in [-0.15, -0.1) is 0 Å². The van der Waals surface area contributed by atoms with E-state index in [4.69, 9.17) is 5.14 Å². The number of primary sulfonamides is 1. The van der Waals surface area contributed by atoms with E-state index in [9.17, 15) is 13.2 Å². The molecule has 140 valence electrons. The van der Waals surface area contributed by atoms with Crippen LogP contribution in [0.25, 0.3) is 11.1 Å². The van der Waals surface area contributed by atoms with Crippen LogP contribution in [0.1, 0.15) is 12.5 Å². The first-order valence-corrected chi connectivity index (χ1v) is 10.7. The normalized spacial score (nSPS) is 11.2. The Balaban J connectivity index is 1.90. The van der Waals surface area contributed by atoms with Gasteiger partial charge in [0.15, 0.2) is 0 Å². The van der Waals surface area contributed by atoms with Crippen LogP contribution in [0.3, 0.4) is 0 Å². The maximum atomic E-state index is 12.5. The number of amides is 2. The largest absolute Gasteiger partial charge is 0.323 e. The number of anilines is 2. The van der Waals surface area contributed by atoms with Crippen LogP contribution >= 0.6 is 11.3 Å². The van der Waals surface area contributed by atoms with Crippen molar-refractivity contribution >= 4 is 38.8 Å². The van der Waals surface area contributed by atoms with Crippen molar-refractivity contribution in [3.8, 4) is 11.1 Å². The molecule has 0 radical (unpaired) electrons. The third kappa shape index (κ3) is 4.73. The number of nitrogens with two attached hydrogens (primary N) is 1. The molecule has 1 heterocycles. The molecule has 2 aromatic carbocycles. The lowest BCUT2D eigenvalue weighted by molar-refractivity contribution is 0.262. The summed E-state index contributed by atoms with van der Waals surface area (Å²) in [5, 5.41) is 14.5. The van der Waals surface area contributed by atoms with Gasteiger partial charge in [0.2, 0.25) is 10.0 Å². The molecule has 0 saturated heterocycles. The number of hydrogen-bond donors (Lipinski definition) is 3. The molecule has 0 spiro atoms. The predicted molar refractivity (Wildman–Crippen MR) is 110 cm³/mol. The molecular weight excluding hydrogens is 382 g/mol. The molecule has 0 aliphatic rings. The average molecular weight is 402 g/mol. The third-order valence-electron chi connectivity index (χ3n) is 3.99. The molecule has 4 N–H and O–H groups in total. The van der Waals surface area contributed by atoms with Crippen LogP contribution in [-0.4, -0.2) is 14.4 Å². The van der Waals surface area contributed by atoms with E-state index in [1.165, 1.54) is 23.5 Å². The highest BCUT2D eigenvalue weighted by molar-refractivity contribution is 7.89. The van der Waals surface area contributed by atoms with Gasteiger partial charge in [-0.05, 0) is 58.6 Å². The van der Waals surface area contributed by atoms with Crippen LogP contribution in [-0.2, 0) is 16.4 Å². The first kappa shape index (κ1) is 19.1. The van der Waals surface area contributed by atoms with Crippen LogP contribution < -0.4 is 15.8 Å². The molecule has 3 rings (SSSR count). The molecule has 3 aromatic rings. The monoisotopic (exact) mass is 401 g/mol. The number of benzene rings is 2. The highest BCUT2D eigenvalue weighted by Crippen LogP contribution is 2.31. The fourth-order valence-electron chi connectivity index (χ4n) is 2.63. The van der Waals surface area contributed by atoms with Gasteiger partial charge in [0.1, 0.15) is 0 Å². The van der Waals surface area contributed by atoms with Gasteiger partial charge in [-0.3, -0.25) is 0 Å². The van der Waals surface area contributed by atoms with Gasteiger partial charge in [0.25, 0.3) is 0 Å². The Kier molecular flexibility index (Phi) is 5.59. The molecular formula is C19H19N3O3S2. The molecule has 2 amide bonds. The Hall–Kier alpha value is -2.68. The van der Waals surface area contributed by atoms with E-state index in [1.54, 1.807) is 12.1 Å². The number of aryl methyl sites for hydroxylation is 1. The number of rotatable bonds is 5. The van der Waals surface area contributed by atoms with Gasteiger partial charge in [-0.25, -0.2) is 18.4 Å². The minimum atomic E-state index is -3.88. The van der Waals surface area contributed by atoms with Crippen LogP contribution in [0.2, 0.25) is 0 Å². The molecule has 0 aliphatic heterocycles. The number of carbonyl (C=O) groups is 1. The number of nitrogens with one attached hydrogen (secondary N) is 2. The van der Waals surface area contributed by atoms with Crippen molar-refractivity contribution in [2.45, 2.75) is 18.2 Å². The lowest BCUT2D eigenvalue weighted by atomic mass is 10.1. The zero-order valence-electron chi connectivity index (χ0n) is 14.6. The number of urea groups is 1. The molecule has 0 bridgehead atoms. The molecule has 27 heavy (non-hydrogen) atoms. The Morgan fingerprint density at radius 3 is 2.59 bits per heavy atom. The zero-order chi connectivity index (χ0) is 19.4. The van der Waals surface area contributed by atoms with Gasteiger partial charge in [0.05, 0.1) is 10.6 Å². The Bertz CT molecular complexity index is 1060. The first-order chi connectivity index (χ1) is 12.9. The fraction of sp³-hybridized carbons (Fsp3) is 0.105. The summed E-state index contributed by atoms with van der Waals surface area (Å²) in [6.07, 6.45) is 0.857. The van der Waals surface area contributed by atoms with Gasteiger partial charge in [0, 0.05) is 11.3 Å². The molecule has 0 fully saturated rings. The Morgan fingerprint density at radius 1 is 1.11 bits per heavy atom. The maximum absolute atomic E-state index is 12.5. The van der Waals surface area contributed by atoms with E-state index < -0.39 is 16.1 Å². The molecule has 0 saturated carbocycles. The van der Waals surface area contributed by atoms with Crippen molar-refractivity contribution in [1.82, 2.24) is 0 Å². The molecule has 1 aromatic heterocycles. The van der Waals surface area contributed by atoms with Gasteiger partial charge in [-0.1, -0.05) is 25.1 Å². The second-order valence-corrected chi connectivity index (χ2v) is 8.24. The second kappa shape index (κ2) is 7.91. The molecule has 0 aliphatic carbocycles. The summed E-state index contributed by atoms with van der Waals surface area (Å²) in [6.45, 7) is 2.03. The lowest BCUT2D eigenvalue weighted by Gasteiger charge is -2.13. The van der Waals surface area contributed by atoms with Crippen molar-refractivity contribution in [2.75, 3.05) is 10.6 Å². The molecule has 0 unspecified atom stereocenters. The van der Waals surface area contributed by atoms with E-state index in [2.05, 4.69) is 10.6 Å². The standard InChI is InChI=1S/C19H19N3O3S2/c1-2-13-4-3-5-15(10-13)21-19(23)22-18-11-16(27(20,24)25)6-7-17(18)14-8-9-26-12-14/h3-12H,2H2,1H3,(H2,20,24,25)(H2,21,22,23). The van der Waals surface area contributed by atoms with E-state index in [-0.39, 0.29) is 4.90 Å². The Labute approximate surface area is 162 Å². The molecule has 6 nitrogen and oxygen atoms in total. The van der Waals surface area contributed by atoms with Crippen molar-refractivity contribution in [3.63, 3.8) is 0 Å². The van der Waals surface area contributed by atoms with Crippen molar-refractivity contribution in [2.24, 2.45) is 5.14 Å². The summed E-state index contributed by atoms with van der Waals surface area (Å²) in [5.41, 5.74) is 3.71. The Morgan fingerprint density at radius 2 is 1.93 bits per heavy atom. The molecule has 0 atom stereocenters. The van der Waals surface area contributed by atoms with Crippen LogP contribution in [0.4, 0.5) is 16.2 Å². The van der Waals surface area contributed by atoms with E-state index >= 15 is 0 Å². The fourth-order valence-corrected chi connectivity index (χ4v) is 3.82. The molecule has 8 heteroatoms. The quantitative estimate of drug-likeness (QED) is 0.595. The van der Waals surface area contributed by atoms with Crippen LogP contribution in [0.5, 0.6) is 0 Å². The average Bonchev–Trinajstić information content (AvgIpc) is 3.15. The maximum Gasteiger partial charge on any atom is 0.323 e. The number of sulfonamides is 1. The smallest absolute Gasteiger partial charge is 0.308 e. The van der Waals surface area contributed by atoms with Crippen molar-refractivity contribution in [3.05, 3.63) is 64.9 Å². The van der Waals surface area contributed by atoms with Gasteiger partial charge in [-0.2, -0.15) is 11.3 Å². The second-order valence-electron chi connectivity index (χ2n) is 5.90. The third-order valence-corrected chi connectivity index (χ3v) is 5.59.